The van der Waals surface area contributed by atoms with Crippen molar-refractivity contribution >= 4 is 12.7 Å². The molecular weight excluding hydrogens is 256 g/mol. The molecule has 1 atom stereocenters. The summed E-state index contributed by atoms with van der Waals surface area (Å²) < 4.78 is 0. The molecule has 110 valence electrons. The molecule has 0 fully saturated rings. The van der Waals surface area contributed by atoms with Crippen LogP contribution in [0.3, 0.4) is 0 Å². The predicted molar refractivity (Wildman–Crippen MR) is 77.0 cm³/mol. The van der Waals surface area contributed by atoms with E-state index in [9.17, 15) is 9.59 Å². The van der Waals surface area contributed by atoms with Crippen LogP contribution in [0.1, 0.15) is 41.8 Å². The van der Waals surface area contributed by atoms with Gasteiger partial charge in [0.2, 0.25) is 6.41 Å². The molecule has 1 rings (SSSR count). The van der Waals surface area contributed by atoms with E-state index < -0.39 is 0 Å². The summed E-state index contributed by atoms with van der Waals surface area (Å²) in [6.45, 7) is 4.94. The largest absolute Gasteiger partial charge is 0.355 e. The Bertz CT molecular complexity index is 449. The molecule has 0 spiro atoms. The van der Waals surface area contributed by atoms with Crippen LogP contribution in [0.4, 0.5) is 0 Å². The van der Waals surface area contributed by atoms with Crippen molar-refractivity contribution in [3.8, 4) is 0 Å². The van der Waals surface area contributed by atoms with Gasteiger partial charge in [-0.15, -0.1) is 0 Å². The van der Waals surface area contributed by atoms with Crippen molar-refractivity contribution in [3.05, 3.63) is 34.9 Å². The van der Waals surface area contributed by atoms with E-state index in [0.29, 0.717) is 31.2 Å². The quantitative estimate of drug-likeness (QED) is 0.554. The summed E-state index contributed by atoms with van der Waals surface area (Å²) in [5.41, 5.74) is 2.32. The number of nitrogens with zero attached hydrogens (tertiary/aromatic N) is 1. The molecule has 1 amide bonds. The van der Waals surface area contributed by atoms with Crippen LogP contribution in [-0.2, 0) is 22.8 Å². The van der Waals surface area contributed by atoms with E-state index in [1.807, 2.05) is 19.2 Å². The number of hydroxylamine groups is 2. The zero-order valence-corrected chi connectivity index (χ0v) is 12.3. The number of amides is 1. The van der Waals surface area contributed by atoms with Gasteiger partial charge in [0.15, 0.2) is 0 Å². The van der Waals surface area contributed by atoms with Crippen molar-refractivity contribution in [1.29, 1.82) is 0 Å². The lowest BCUT2D eigenvalue weighted by Gasteiger charge is -2.23. The van der Waals surface area contributed by atoms with Crippen LogP contribution in [0, 0.1) is 0 Å². The predicted octanol–water partition coefficient (Wildman–Crippen LogP) is 1.91. The molecule has 0 saturated carbocycles. The summed E-state index contributed by atoms with van der Waals surface area (Å²) in [4.78, 5) is 27.0. The zero-order chi connectivity index (χ0) is 15.0. The van der Waals surface area contributed by atoms with Crippen molar-refractivity contribution < 1.29 is 14.4 Å². The number of benzene rings is 1. The van der Waals surface area contributed by atoms with Crippen molar-refractivity contribution in [1.82, 2.24) is 10.4 Å². The Balaban J connectivity index is 2.70. The first-order chi connectivity index (χ1) is 9.62. The lowest BCUT2D eigenvalue weighted by atomic mass is 10.1. The molecule has 0 aromatic heterocycles. The monoisotopic (exact) mass is 278 g/mol. The van der Waals surface area contributed by atoms with Crippen LogP contribution in [0.5, 0.6) is 0 Å². The van der Waals surface area contributed by atoms with E-state index in [0.717, 1.165) is 23.8 Å². The first-order valence-corrected chi connectivity index (χ1v) is 6.72. The van der Waals surface area contributed by atoms with Gasteiger partial charge in [0.25, 0.3) is 0 Å². The summed E-state index contributed by atoms with van der Waals surface area (Å²) in [6, 6.07) is 5.83. The fraction of sp³-hybridized carbons (Fsp3) is 0.467. The molecule has 1 aromatic rings. The van der Waals surface area contributed by atoms with Crippen LogP contribution in [0.25, 0.3) is 0 Å². The number of rotatable bonds is 9. The Morgan fingerprint density at radius 3 is 2.75 bits per heavy atom. The fourth-order valence-electron chi connectivity index (χ4n) is 1.71. The molecule has 0 aliphatic heterocycles. The molecule has 5 nitrogen and oxygen atoms in total. The molecule has 0 aliphatic carbocycles. The van der Waals surface area contributed by atoms with E-state index >= 15 is 0 Å². The van der Waals surface area contributed by atoms with Gasteiger partial charge in [-0.25, -0.2) is 0 Å². The van der Waals surface area contributed by atoms with Gasteiger partial charge in [0, 0.05) is 25.2 Å². The third-order valence-corrected chi connectivity index (χ3v) is 3.36. The summed E-state index contributed by atoms with van der Waals surface area (Å²) >= 11 is 0. The smallest absolute Gasteiger partial charge is 0.207 e. The first kappa shape index (κ1) is 16.3. The van der Waals surface area contributed by atoms with Gasteiger partial charge in [-0.2, -0.15) is 5.06 Å². The third kappa shape index (κ3) is 4.75. The summed E-state index contributed by atoms with van der Waals surface area (Å²) in [5.74, 6) is 0. The van der Waals surface area contributed by atoms with Gasteiger partial charge in [-0.05, 0) is 30.5 Å². The maximum atomic E-state index is 11.1. The van der Waals surface area contributed by atoms with E-state index in [1.54, 1.807) is 11.1 Å². The van der Waals surface area contributed by atoms with E-state index in [1.165, 1.54) is 0 Å². The Kier molecular flexibility index (Phi) is 6.90. The van der Waals surface area contributed by atoms with E-state index in [-0.39, 0.29) is 0 Å². The molecule has 1 N–H and O–H groups in total. The van der Waals surface area contributed by atoms with Crippen LogP contribution < -0.4 is 5.32 Å². The Morgan fingerprint density at radius 2 is 2.15 bits per heavy atom. The fourth-order valence-corrected chi connectivity index (χ4v) is 1.71. The van der Waals surface area contributed by atoms with Crippen LogP contribution in [0.15, 0.2) is 18.2 Å². The molecule has 5 heteroatoms. The van der Waals surface area contributed by atoms with E-state index in [4.69, 9.17) is 4.84 Å². The van der Waals surface area contributed by atoms with Crippen LogP contribution in [0.2, 0.25) is 0 Å². The number of hydrogen-bond donors (Lipinski definition) is 1. The van der Waals surface area contributed by atoms with Crippen LogP contribution in [-0.4, -0.2) is 30.8 Å². The molecule has 1 unspecified atom stereocenters. The minimum absolute atomic E-state index is 0.325. The average Bonchev–Trinajstić information content (AvgIpc) is 2.49. The number of hydrogen-bond acceptors (Lipinski definition) is 4. The highest BCUT2D eigenvalue weighted by Crippen LogP contribution is 2.13. The second-order valence-electron chi connectivity index (χ2n) is 4.73. The number of carbonyl (C=O) groups is 2. The topological polar surface area (TPSA) is 58.6 Å². The van der Waals surface area contributed by atoms with E-state index in [2.05, 4.69) is 19.2 Å². The van der Waals surface area contributed by atoms with Crippen molar-refractivity contribution in [2.75, 3.05) is 7.05 Å². The normalized spacial score (nSPS) is 12.2. The number of aldehydes is 1. The van der Waals surface area contributed by atoms with Crippen LogP contribution >= 0.6 is 0 Å². The maximum Gasteiger partial charge on any atom is 0.207 e. The number of nitrogens with one attached hydrogen (secondary N) is 1. The Morgan fingerprint density at radius 1 is 1.40 bits per heavy atom. The molecule has 20 heavy (non-hydrogen) atoms. The van der Waals surface area contributed by atoms with Gasteiger partial charge in [0.05, 0.1) is 6.61 Å². The minimum Gasteiger partial charge on any atom is -0.355 e. The van der Waals surface area contributed by atoms with Gasteiger partial charge in [-0.1, -0.05) is 19.1 Å². The molecule has 0 radical (unpaired) electrons. The maximum absolute atomic E-state index is 11.1. The van der Waals surface area contributed by atoms with Crippen molar-refractivity contribution in [2.24, 2.45) is 0 Å². The van der Waals surface area contributed by atoms with Crippen molar-refractivity contribution in [2.45, 2.75) is 39.5 Å². The molecule has 0 heterocycles. The van der Waals surface area contributed by atoms with Crippen molar-refractivity contribution in [3.63, 3.8) is 0 Å². The first-order valence-electron chi connectivity index (χ1n) is 6.72. The number of carbonyl (C=O) groups excluding carboxylic acids is 2. The Hall–Kier alpha value is -1.72. The van der Waals surface area contributed by atoms with Gasteiger partial charge in [-0.3, -0.25) is 14.4 Å². The lowest BCUT2D eigenvalue weighted by Crippen LogP contribution is -2.28. The Labute approximate surface area is 119 Å². The minimum atomic E-state index is 0.325. The summed E-state index contributed by atoms with van der Waals surface area (Å²) in [7, 11) is 1.89. The third-order valence-electron chi connectivity index (χ3n) is 3.36. The molecule has 0 bridgehead atoms. The second kappa shape index (κ2) is 8.45. The lowest BCUT2D eigenvalue weighted by molar-refractivity contribution is -0.174. The SMILES string of the molecule is CCC(C)N(C)OCc1ccc(CNC=O)cc1C=O. The highest BCUT2D eigenvalue weighted by atomic mass is 16.7. The summed E-state index contributed by atoms with van der Waals surface area (Å²) in [5, 5.41) is 4.37. The zero-order valence-electron chi connectivity index (χ0n) is 12.3. The van der Waals surface area contributed by atoms with Gasteiger partial charge >= 0.3 is 0 Å². The second-order valence-corrected chi connectivity index (χ2v) is 4.73. The van der Waals surface area contributed by atoms with Gasteiger partial charge in [0.1, 0.15) is 6.29 Å². The molecule has 0 aliphatic rings. The molecule has 1 aromatic carbocycles. The highest BCUT2D eigenvalue weighted by molar-refractivity contribution is 5.77. The molecule has 0 saturated heterocycles. The highest BCUT2D eigenvalue weighted by Gasteiger charge is 2.09. The summed E-state index contributed by atoms with van der Waals surface area (Å²) in [6.07, 6.45) is 2.44. The standard InChI is InChI=1S/C15H22N2O3/c1-4-12(2)17(3)20-10-14-6-5-13(8-16-11-19)7-15(14)9-18/h5-7,9,11-12H,4,8,10H2,1-3H3,(H,16,19). The van der Waals surface area contributed by atoms with Gasteiger partial charge < -0.3 is 5.32 Å². The molecular formula is C15H22N2O3. The average molecular weight is 278 g/mol.